The molecule has 2 amide bonds. The molecule has 2 aliphatic heterocycles. The van der Waals surface area contributed by atoms with E-state index >= 15 is 0 Å². The van der Waals surface area contributed by atoms with Crippen LogP contribution in [0.15, 0.2) is 52.1 Å². The molecule has 160 valence electrons. The van der Waals surface area contributed by atoms with Crippen molar-refractivity contribution in [3.63, 3.8) is 0 Å². The summed E-state index contributed by atoms with van der Waals surface area (Å²) >= 11 is 1.15. The molecule has 9 heteroatoms. The van der Waals surface area contributed by atoms with E-state index in [1.807, 2.05) is 19.1 Å². The molecular weight excluding hydrogens is 434 g/mol. The molecule has 0 aliphatic carbocycles. The van der Waals surface area contributed by atoms with Crippen LogP contribution in [-0.2, 0) is 14.8 Å². The maximum absolute atomic E-state index is 13.2. The molecule has 5 rings (SSSR count). The van der Waals surface area contributed by atoms with Crippen LogP contribution >= 0.6 is 11.3 Å². The lowest BCUT2D eigenvalue weighted by atomic mass is 10.0. The monoisotopic (exact) mass is 455 g/mol. The van der Waals surface area contributed by atoms with Crippen molar-refractivity contribution in [2.24, 2.45) is 0 Å². The standard InChI is InChI=1S/C22H21N3O4S2/c1-2-24-17-11-10-16(14-6-3-7-15(20(14)17)22(24)27)23-21(26)18-8-4-12-25(18)31(28,29)19-9-5-13-30-19/h3,5-7,9-11,13,18H,2,4,8,12H2,1H3,(H,23,26)/t18-/m1/s1. The lowest BCUT2D eigenvalue weighted by Gasteiger charge is -2.23. The van der Waals surface area contributed by atoms with E-state index in [1.165, 1.54) is 4.31 Å². The quantitative estimate of drug-likeness (QED) is 0.636. The second kappa shape index (κ2) is 7.44. The molecule has 3 heterocycles. The van der Waals surface area contributed by atoms with Crippen LogP contribution in [0, 0.1) is 0 Å². The van der Waals surface area contributed by atoms with Crippen molar-refractivity contribution in [3.05, 3.63) is 53.4 Å². The van der Waals surface area contributed by atoms with Crippen molar-refractivity contribution in [2.75, 3.05) is 23.3 Å². The van der Waals surface area contributed by atoms with Crippen molar-refractivity contribution in [1.29, 1.82) is 0 Å². The Morgan fingerprint density at radius 2 is 2.03 bits per heavy atom. The van der Waals surface area contributed by atoms with Crippen molar-refractivity contribution in [1.82, 2.24) is 4.31 Å². The summed E-state index contributed by atoms with van der Waals surface area (Å²) < 4.78 is 27.5. The zero-order valence-electron chi connectivity index (χ0n) is 16.9. The smallest absolute Gasteiger partial charge is 0.258 e. The third-order valence-corrected chi connectivity index (χ3v) is 9.20. The van der Waals surface area contributed by atoms with Gasteiger partial charge in [0.2, 0.25) is 5.91 Å². The van der Waals surface area contributed by atoms with Crippen LogP contribution in [0.25, 0.3) is 10.8 Å². The maximum atomic E-state index is 13.2. The van der Waals surface area contributed by atoms with Gasteiger partial charge in [-0.1, -0.05) is 18.2 Å². The molecular formula is C22H21N3O4S2. The van der Waals surface area contributed by atoms with Gasteiger partial charge in [-0.25, -0.2) is 8.42 Å². The first-order chi connectivity index (χ1) is 14.9. The van der Waals surface area contributed by atoms with E-state index in [9.17, 15) is 18.0 Å². The molecule has 2 aliphatic rings. The lowest BCUT2D eigenvalue weighted by molar-refractivity contribution is -0.119. The average Bonchev–Trinajstić information content (AvgIpc) is 3.51. The molecule has 0 spiro atoms. The van der Waals surface area contributed by atoms with Crippen molar-refractivity contribution in [2.45, 2.75) is 30.0 Å². The summed E-state index contributed by atoms with van der Waals surface area (Å²) in [5, 5.41) is 6.24. The summed E-state index contributed by atoms with van der Waals surface area (Å²) in [4.78, 5) is 27.6. The van der Waals surface area contributed by atoms with Crippen LogP contribution in [0.1, 0.15) is 30.1 Å². The minimum absolute atomic E-state index is 0.0458. The van der Waals surface area contributed by atoms with Crippen LogP contribution < -0.4 is 10.2 Å². The molecule has 3 aromatic rings. The predicted octanol–water partition coefficient (Wildman–Crippen LogP) is 3.67. The number of benzene rings is 2. The topological polar surface area (TPSA) is 86.8 Å². The van der Waals surface area contributed by atoms with E-state index in [0.717, 1.165) is 27.8 Å². The van der Waals surface area contributed by atoms with E-state index in [2.05, 4.69) is 5.32 Å². The summed E-state index contributed by atoms with van der Waals surface area (Å²) in [6.07, 6.45) is 1.10. The molecule has 0 unspecified atom stereocenters. The third-order valence-electron chi connectivity index (χ3n) is 5.92. The Bertz CT molecular complexity index is 1300. The summed E-state index contributed by atoms with van der Waals surface area (Å²) in [5.41, 5.74) is 2.03. The highest BCUT2D eigenvalue weighted by Gasteiger charge is 2.40. The van der Waals surface area contributed by atoms with Crippen LogP contribution in [0.4, 0.5) is 11.4 Å². The first-order valence-electron chi connectivity index (χ1n) is 10.2. The summed E-state index contributed by atoms with van der Waals surface area (Å²) in [6, 6.07) is 11.6. The number of amides is 2. The van der Waals surface area contributed by atoms with E-state index in [-0.39, 0.29) is 16.0 Å². The minimum atomic E-state index is -3.71. The van der Waals surface area contributed by atoms with E-state index in [1.54, 1.807) is 40.6 Å². The Morgan fingerprint density at radius 1 is 1.19 bits per heavy atom. The number of rotatable bonds is 5. The molecule has 1 aromatic heterocycles. The molecule has 0 bridgehead atoms. The zero-order valence-corrected chi connectivity index (χ0v) is 18.5. The number of sulfonamides is 1. The lowest BCUT2D eigenvalue weighted by Crippen LogP contribution is -2.42. The predicted molar refractivity (Wildman–Crippen MR) is 121 cm³/mol. The summed E-state index contributed by atoms with van der Waals surface area (Å²) in [6.45, 7) is 2.81. The SMILES string of the molecule is CCN1C(=O)c2cccc3c(NC(=O)[C@H]4CCCN4S(=O)(=O)c4cccs4)ccc1c23. The normalized spacial score (nSPS) is 18.8. The number of carbonyl (C=O) groups is 2. The number of thiophene rings is 1. The van der Waals surface area contributed by atoms with Gasteiger partial charge in [-0.05, 0) is 49.4 Å². The van der Waals surface area contributed by atoms with Crippen LogP contribution in [0.3, 0.4) is 0 Å². The van der Waals surface area contributed by atoms with Gasteiger partial charge in [-0.3, -0.25) is 9.59 Å². The Kier molecular flexibility index (Phi) is 4.84. The molecule has 2 aromatic carbocycles. The molecule has 0 saturated carbocycles. The fourth-order valence-corrected chi connectivity index (χ4v) is 7.28. The van der Waals surface area contributed by atoms with Gasteiger partial charge in [0, 0.05) is 35.1 Å². The first kappa shape index (κ1) is 20.2. The van der Waals surface area contributed by atoms with Gasteiger partial charge >= 0.3 is 0 Å². The van der Waals surface area contributed by atoms with E-state index in [0.29, 0.717) is 37.2 Å². The van der Waals surface area contributed by atoms with Crippen molar-refractivity contribution < 1.29 is 18.0 Å². The van der Waals surface area contributed by atoms with Gasteiger partial charge in [0.1, 0.15) is 10.3 Å². The first-order valence-corrected chi connectivity index (χ1v) is 12.5. The molecule has 1 atom stereocenters. The number of nitrogens with one attached hydrogen (secondary N) is 1. The Balaban J connectivity index is 1.48. The molecule has 1 saturated heterocycles. The fraction of sp³-hybridized carbons (Fsp3) is 0.273. The Hall–Kier alpha value is -2.75. The van der Waals surface area contributed by atoms with E-state index in [4.69, 9.17) is 0 Å². The van der Waals surface area contributed by atoms with E-state index < -0.39 is 16.1 Å². The second-order valence-corrected chi connectivity index (χ2v) is 10.7. The minimum Gasteiger partial charge on any atom is -0.324 e. The van der Waals surface area contributed by atoms with Gasteiger partial charge in [0.15, 0.2) is 0 Å². The number of hydrogen-bond donors (Lipinski definition) is 1. The van der Waals surface area contributed by atoms with Gasteiger partial charge in [-0.15, -0.1) is 11.3 Å². The van der Waals surface area contributed by atoms with Crippen LogP contribution in [0.2, 0.25) is 0 Å². The van der Waals surface area contributed by atoms with Crippen molar-refractivity contribution in [3.8, 4) is 0 Å². The summed E-state index contributed by atoms with van der Waals surface area (Å²) in [5.74, 6) is -0.398. The fourth-order valence-electron chi connectivity index (χ4n) is 4.50. The van der Waals surface area contributed by atoms with Gasteiger partial charge in [-0.2, -0.15) is 4.31 Å². The number of carbonyl (C=O) groups excluding carboxylic acids is 2. The molecule has 1 fully saturated rings. The van der Waals surface area contributed by atoms with Gasteiger partial charge < -0.3 is 10.2 Å². The highest BCUT2D eigenvalue weighted by molar-refractivity contribution is 7.91. The Labute approximate surface area is 184 Å². The summed E-state index contributed by atoms with van der Waals surface area (Å²) in [7, 11) is -3.71. The van der Waals surface area contributed by atoms with Gasteiger partial charge in [0.25, 0.3) is 15.9 Å². The van der Waals surface area contributed by atoms with Crippen LogP contribution in [0.5, 0.6) is 0 Å². The number of nitrogens with zero attached hydrogens (tertiary/aromatic N) is 2. The highest BCUT2D eigenvalue weighted by atomic mass is 32.2. The largest absolute Gasteiger partial charge is 0.324 e. The highest BCUT2D eigenvalue weighted by Crippen LogP contribution is 2.40. The third kappa shape index (κ3) is 3.07. The second-order valence-electron chi connectivity index (χ2n) is 7.60. The maximum Gasteiger partial charge on any atom is 0.258 e. The molecule has 31 heavy (non-hydrogen) atoms. The number of hydrogen-bond acceptors (Lipinski definition) is 5. The zero-order chi connectivity index (χ0) is 21.8. The molecule has 0 radical (unpaired) electrons. The Morgan fingerprint density at radius 3 is 2.77 bits per heavy atom. The molecule has 1 N–H and O–H groups in total. The number of anilines is 2. The van der Waals surface area contributed by atoms with Crippen LogP contribution in [-0.4, -0.2) is 43.7 Å². The molecule has 7 nitrogen and oxygen atoms in total. The van der Waals surface area contributed by atoms with Crippen molar-refractivity contribution >= 4 is 55.3 Å². The van der Waals surface area contributed by atoms with Gasteiger partial charge in [0.05, 0.1) is 5.69 Å². The average molecular weight is 456 g/mol.